The van der Waals surface area contributed by atoms with Crippen molar-refractivity contribution in [1.29, 1.82) is 0 Å². The zero-order valence-electron chi connectivity index (χ0n) is 12.2. The molecule has 0 atom stereocenters. The quantitative estimate of drug-likeness (QED) is 0.874. The third-order valence-corrected chi connectivity index (χ3v) is 4.79. The number of aryl methyl sites for hydroxylation is 1. The van der Waals surface area contributed by atoms with Gasteiger partial charge in [-0.1, -0.05) is 6.07 Å². The highest BCUT2D eigenvalue weighted by molar-refractivity contribution is 7.09. The van der Waals surface area contributed by atoms with Gasteiger partial charge in [-0.05, 0) is 30.9 Å². The van der Waals surface area contributed by atoms with Crippen molar-refractivity contribution < 1.29 is 9.21 Å². The maximum Gasteiger partial charge on any atom is 0.257 e. The van der Waals surface area contributed by atoms with Crippen LogP contribution in [-0.4, -0.2) is 41.9 Å². The van der Waals surface area contributed by atoms with Crippen molar-refractivity contribution >= 4 is 17.2 Å². The number of hydrogen-bond acceptors (Lipinski definition) is 4. The number of amides is 1. The second kappa shape index (κ2) is 6.45. The SMILES string of the molecule is Cc1occc1C(=O)N1CCCN(Cc2cccs2)CC1. The second-order valence-corrected chi connectivity index (χ2v) is 6.42. The molecule has 0 aromatic carbocycles. The van der Waals surface area contributed by atoms with Crippen LogP contribution in [0.15, 0.2) is 34.3 Å². The Kier molecular flexibility index (Phi) is 4.41. The Hall–Kier alpha value is -1.59. The summed E-state index contributed by atoms with van der Waals surface area (Å²) >= 11 is 1.80. The van der Waals surface area contributed by atoms with Crippen LogP contribution in [0.2, 0.25) is 0 Å². The molecular formula is C16H20N2O2S. The molecular weight excluding hydrogens is 284 g/mol. The van der Waals surface area contributed by atoms with E-state index in [2.05, 4.69) is 22.4 Å². The van der Waals surface area contributed by atoms with Crippen LogP contribution in [0.3, 0.4) is 0 Å². The zero-order valence-corrected chi connectivity index (χ0v) is 13.1. The Morgan fingerprint density at radius 2 is 2.19 bits per heavy atom. The van der Waals surface area contributed by atoms with E-state index < -0.39 is 0 Å². The topological polar surface area (TPSA) is 36.7 Å². The molecule has 1 saturated heterocycles. The van der Waals surface area contributed by atoms with Crippen molar-refractivity contribution in [2.24, 2.45) is 0 Å². The molecule has 0 spiro atoms. The third kappa shape index (κ3) is 3.36. The van der Waals surface area contributed by atoms with Crippen LogP contribution in [-0.2, 0) is 6.54 Å². The molecule has 0 N–H and O–H groups in total. The molecule has 2 aromatic rings. The van der Waals surface area contributed by atoms with Gasteiger partial charge in [-0.3, -0.25) is 9.69 Å². The molecule has 5 heteroatoms. The summed E-state index contributed by atoms with van der Waals surface area (Å²) in [4.78, 5) is 18.3. The minimum Gasteiger partial charge on any atom is -0.469 e. The number of carbonyl (C=O) groups is 1. The summed E-state index contributed by atoms with van der Waals surface area (Å²) < 4.78 is 5.24. The number of nitrogens with zero attached hydrogens (tertiary/aromatic N) is 2. The van der Waals surface area contributed by atoms with Crippen LogP contribution in [0.4, 0.5) is 0 Å². The van der Waals surface area contributed by atoms with Crippen molar-refractivity contribution in [3.05, 3.63) is 46.0 Å². The largest absolute Gasteiger partial charge is 0.469 e. The fourth-order valence-electron chi connectivity index (χ4n) is 2.73. The summed E-state index contributed by atoms with van der Waals surface area (Å²) in [6, 6.07) is 6.04. The lowest BCUT2D eigenvalue weighted by Crippen LogP contribution is -2.35. The smallest absolute Gasteiger partial charge is 0.257 e. The van der Waals surface area contributed by atoms with Crippen molar-refractivity contribution in [3.63, 3.8) is 0 Å². The maximum absolute atomic E-state index is 12.5. The highest BCUT2D eigenvalue weighted by Crippen LogP contribution is 2.16. The fourth-order valence-corrected chi connectivity index (χ4v) is 3.48. The number of hydrogen-bond donors (Lipinski definition) is 0. The van der Waals surface area contributed by atoms with Gasteiger partial charge < -0.3 is 9.32 Å². The molecule has 1 amide bonds. The molecule has 0 radical (unpaired) electrons. The van der Waals surface area contributed by atoms with Crippen molar-refractivity contribution in [2.45, 2.75) is 19.9 Å². The molecule has 0 aliphatic carbocycles. The van der Waals surface area contributed by atoms with E-state index in [0.717, 1.165) is 39.1 Å². The minimum absolute atomic E-state index is 0.0965. The van der Waals surface area contributed by atoms with Crippen molar-refractivity contribution in [2.75, 3.05) is 26.2 Å². The van der Waals surface area contributed by atoms with Gasteiger partial charge in [0.05, 0.1) is 11.8 Å². The second-order valence-electron chi connectivity index (χ2n) is 5.39. The molecule has 0 saturated carbocycles. The molecule has 3 heterocycles. The van der Waals surface area contributed by atoms with Gasteiger partial charge in [-0.2, -0.15) is 0 Å². The van der Waals surface area contributed by atoms with E-state index in [1.54, 1.807) is 23.7 Å². The normalized spacial score (nSPS) is 16.9. The van der Waals surface area contributed by atoms with E-state index >= 15 is 0 Å². The Bertz CT molecular complexity index is 591. The molecule has 112 valence electrons. The van der Waals surface area contributed by atoms with Crippen LogP contribution >= 0.6 is 11.3 Å². The fraction of sp³-hybridized carbons (Fsp3) is 0.438. The van der Waals surface area contributed by atoms with E-state index in [1.165, 1.54) is 4.88 Å². The molecule has 1 aliphatic rings. The predicted molar refractivity (Wildman–Crippen MR) is 83.6 cm³/mol. The lowest BCUT2D eigenvalue weighted by molar-refractivity contribution is 0.0759. The van der Waals surface area contributed by atoms with Gasteiger partial charge in [0.25, 0.3) is 5.91 Å². The molecule has 0 unspecified atom stereocenters. The number of carbonyl (C=O) groups excluding carboxylic acids is 1. The van der Waals surface area contributed by atoms with Gasteiger partial charge in [0.15, 0.2) is 0 Å². The number of furan rings is 1. The van der Waals surface area contributed by atoms with Gasteiger partial charge in [-0.15, -0.1) is 11.3 Å². The summed E-state index contributed by atoms with van der Waals surface area (Å²) in [5.41, 5.74) is 0.696. The van der Waals surface area contributed by atoms with Crippen molar-refractivity contribution in [3.8, 4) is 0 Å². The maximum atomic E-state index is 12.5. The summed E-state index contributed by atoms with van der Waals surface area (Å²) in [6.45, 7) is 6.42. The van der Waals surface area contributed by atoms with Crippen LogP contribution in [0.25, 0.3) is 0 Å². The molecule has 1 fully saturated rings. The monoisotopic (exact) mass is 304 g/mol. The highest BCUT2D eigenvalue weighted by atomic mass is 32.1. The Balaban J connectivity index is 1.60. The molecule has 3 rings (SSSR count). The summed E-state index contributed by atoms with van der Waals surface area (Å²) in [5, 5.41) is 2.12. The van der Waals surface area contributed by atoms with Gasteiger partial charge >= 0.3 is 0 Å². The Morgan fingerprint density at radius 3 is 2.90 bits per heavy atom. The first-order valence-electron chi connectivity index (χ1n) is 7.32. The Morgan fingerprint density at radius 1 is 1.29 bits per heavy atom. The lowest BCUT2D eigenvalue weighted by Gasteiger charge is -2.21. The first-order valence-corrected chi connectivity index (χ1v) is 8.20. The molecule has 21 heavy (non-hydrogen) atoms. The predicted octanol–water partition coefficient (Wildman–Crippen LogP) is 3.00. The lowest BCUT2D eigenvalue weighted by atomic mass is 10.2. The summed E-state index contributed by atoms with van der Waals surface area (Å²) in [5.74, 6) is 0.805. The summed E-state index contributed by atoms with van der Waals surface area (Å²) in [6.07, 6.45) is 2.61. The average molecular weight is 304 g/mol. The van der Waals surface area contributed by atoms with Crippen molar-refractivity contribution in [1.82, 2.24) is 9.80 Å². The molecule has 1 aliphatic heterocycles. The van der Waals surface area contributed by atoms with Crippen LogP contribution in [0, 0.1) is 6.92 Å². The number of rotatable bonds is 3. The van der Waals surface area contributed by atoms with Gasteiger partial charge in [-0.25, -0.2) is 0 Å². The van der Waals surface area contributed by atoms with E-state index in [-0.39, 0.29) is 5.91 Å². The minimum atomic E-state index is 0.0965. The first kappa shape index (κ1) is 14.4. The van der Waals surface area contributed by atoms with E-state index in [0.29, 0.717) is 11.3 Å². The van der Waals surface area contributed by atoms with Crippen LogP contribution < -0.4 is 0 Å². The van der Waals surface area contributed by atoms with Crippen LogP contribution in [0.1, 0.15) is 27.4 Å². The molecule has 0 bridgehead atoms. The molecule has 2 aromatic heterocycles. The third-order valence-electron chi connectivity index (χ3n) is 3.92. The van der Waals surface area contributed by atoms with Gasteiger partial charge in [0.2, 0.25) is 0 Å². The van der Waals surface area contributed by atoms with Gasteiger partial charge in [0, 0.05) is 37.6 Å². The van der Waals surface area contributed by atoms with Crippen LogP contribution in [0.5, 0.6) is 0 Å². The first-order chi connectivity index (χ1) is 10.2. The number of thiophene rings is 1. The van der Waals surface area contributed by atoms with E-state index in [4.69, 9.17) is 4.42 Å². The Labute approximate surface area is 129 Å². The highest BCUT2D eigenvalue weighted by Gasteiger charge is 2.22. The zero-order chi connectivity index (χ0) is 14.7. The van der Waals surface area contributed by atoms with E-state index in [9.17, 15) is 4.79 Å². The molecule has 4 nitrogen and oxygen atoms in total. The summed E-state index contributed by atoms with van der Waals surface area (Å²) in [7, 11) is 0. The average Bonchev–Trinajstić information content (AvgIpc) is 3.07. The van der Waals surface area contributed by atoms with E-state index in [1.807, 2.05) is 11.8 Å². The van der Waals surface area contributed by atoms with Gasteiger partial charge in [0.1, 0.15) is 5.76 Å². The standard InChI is InChI=1S/C16H20N2O2S/c1-13-15(5-10-20-13)16(19)18-7-3-6-17(8-9-18)12-14-4-2-11-21-14/h2,4-5,10-11H,3,6-9,12H2,1H3.